The Bertz CT molecular complexity index is 706. The Morgan fingerprint density at radius 2 is 1.90 bits per heavy atom. The van der Waals surface area contributed by atoms with Gasteiger partial charge in [-0.15, -0.1) is 0 Å². The molecule has 4 nitrogen and oxygen atoms in total. The lowest BCUT2D eigenvalue weighted by molar-refractivity contribution is 0.473. The van der Waals surface area contributed by atoms with Crippen molar-refractivity contribution in [3.05, 3.63) is 31.4 Å². The predicted octanol–water partition coefficient (Wildman–Crippen LogP) is 0.974. The van der Waals surface area contributed by atoms with Gasteiger partial charge in [-0.2, -0.15) is 0 Å². The highest BCUT2D eigenvalue weighted by atomic mass is 16.2. The van der Waals surface area contributed by atoms with E-state index in [0.29, 0.717) is 17.7 Å². The third kappa shape index (κ3) is 3.11. The van der Waals surface area contributed by atoms with Crippen LogP contribution in [0, 0.1) is 5.92 Å². The van der Waals surface area contributed by atoms with Gasteiger partial charge in [0, 0.05) is 13.6 Å². The molecule has 0 aromatic carbocycles. The Morgan fingerprint density at radius 3 is 2.35 bits per heavy atom. The van der Waals surface area contributed by atoms with Gasteiger partial charge in [-0.3, -0.25) is 13.9 Å². The first-order valence-corrected chi connectivity index (χ1v) is 7.31. The molecule has 0 radical (unpaired) electrons. The third-order valence-corrected chi connectivity index (χ3v) is 3.44. The van der Waals surface area contributed by atoms with Crippen molar-refractivity contribution in [3.8, 4) is 0 Å². The highest BCUT2D eigenvalue weighted by Crippen LogP contribution is 2.01. The SMILES string of the molecule is CC=c1c(=O)n(C)c(=O)n(CC(C)C)c1=C(C)CCC. The zero-order valence-electron chi connectivity index (χ0n) is 13.5. The summed E-state index contributed by atoms with van der Waals surface area (Å²) in [7, 11) is 1.55. The van der Waals surface area contributed by atoms with E-state index < -0.39 is 0 Å². The first-order chi connectivity index (χ1) is 9.34. The van der Waals surface area contributed by atoms with E-state index in [0.717, 1.165) is 23.8 Å². The summed E-state index contributed by atoms with van der Waals surface area (Å²) in [5, 5.41) is 1.45. The molecule has 0 bridgehead atoms. The molecule has 1 heterocycles. The highest BCUT2D eigenvalue weighted by molar-refractivity contribution is 5.41. The fourth-order valence-electron chi connectivity index (χ4n) is 2.54. The molecule has 1 aromatic rings. The monoisotopic (exact) mass is 278 g/mol. The minimum atomic E-state index is -0.222. The fraction of sp³-hybridized carbons (Fsp3) is 0.625. The van der Waals surface area contributed by atoms with E-state index in [1.165, 1.54) is 4.57 Å². The smallest absolute Gasteiger partial charge is 0.293 e. The molecule has 0 atom stereocenters. The average molecular weight is 278 g/mol. The van der Waals surface area contributed by atoms with Crippen molar-refractivity contribution in [1.29, 1.82) is 0 Å². The number of rotatable bonds is 4. The summed E-state index contributed by atoms with van der Waals surface area (Å²) >= 11 is 0. The van der Waals surface area contributed by atoms with Gasteiger partial charge >= 0.3 is 5.69 Å². The van der Waals surface area contributed by atoms with Crippen LogP contribution in [0.4, 0.5) is 0 Å². The maximum Gasteiger partial charge on any atom is 0.331 e. The van der Waals surface area contributed by atoms with Gasteiger partial charge < -0.3 is 0 Å². The van der Waals surface area contributed by atoms with Crippen molar-refractivity contribution >= 4 is 11.6 Å². The van der Waals surface area contributed by atoms with Crippen LogP contribution >= 0.6 is 0 Å². The zero-order valence-corrected chi connectivity index (χ0v) is 13.5. The van der Waals surface area contributed by atoms with Crippen LogP contribution in [-0.2, 0) is 13.6 Å². The second-order valence-corrected chi connectivity index (χ2v) is 5.73. The van der Waals surface area contributed by atoms with E-state index in [1.54, 1.807) is 11.6 Å². The van der Waals surface area contributed by atoms with Crippen molar-refractivity contribution in [2.75, 3.05) is 0 Å². The van der Waals surface area contributed by atoms with Gasteiger partial charge in [0.25, 0.3) is 5.56 Å². The van der Waals surface area contributed by atoms with Crippen molar-refractivity contribution < 1.29 is 0 Å². The van der Waals surface area contributed by atoms with E-state index in [2.05, 4.69) is 20.8 Å². The van der Waals surface area contributed by atoms with Crippen LogP contribution in [0.2, 0.25) is 0 Å². The highest BCUT2D eigenvalue weighted by Gasteiger charge is 2.10. The molecule has 112 valence electrons. The van der Waals surface area contributed by atoms with Crippen molar-refractivity contribution in [3.63, 3.8) is 0 Å². The van der Waals surface area contributed by atoms with Crippen molar-refractivity contribution in [1.82, 2.24) is 9.13 Å². The number of hydrogen-bond acceptors (Lipinski definition) is 2. The molecule has 0 aliphatic rings. The molecule has 0 spiro atoms. The number of aromatic nitrogens is 2. The topological polar surface area (TPSA) is 44.0 Å². The molecular formula is C16H26N2O2. The molecule has 0 N–H and O–H groups in total. The second kappa shape index (κ2) is 6.73. The molecule has 1 aromatic heterocycles. The summed E-state index contributed by atoms with van der Waals surface area (Å²) in [6.45, 7) is 10.7. The van der Waals surface area contributed by atoms with Crippen LogP contribution in [0.25, 0.3) is 11.6 Å². The molecule has 4 heteroatoms. The Morgan fingerprint density at radius 1 is 1.30 bits per heavy atom. The van der Waals surface area contributed by atoms with E-state index >= 15 is 0 Å². The molecule has 0 amide bonds. The summed E-state index contributed by atoms with van der Waals surface area (Å²) in [6.07, 6.45) is 3.71. The minimum absolute atomic E-state index is 0.206. The van der Waals surface area contributed by atoms with E-state index in [1.807, 2.05) is 19.9 Å². The molecule has 0 unspecified atom stereocenters. The molecule has 0 aliphatic carbocycles. The summed E-state index contributed by atoms with van der Waals surface area (Å²) < 4.78 is 2.97. The first kappa shape index (κ1) is 16.5. The summed E-state index contributed by atoms with van der Waals surface area (Å²) in [5.74, 6) is 0.350. The Hall–Kier alpha value is -1.58. The lowest BCUT2D eigenvalue weighted by Crippen LogP contribution is -2.58. The average Bonchev–Trinajstić information content (AvgIpc) is 2.38. The standard InChI is InChI=1S/C16H26N2O2/c1-7-9-12(5)14-13(8-2)15(19)17(6)16(20)18(14)10-11(3)4/h8,11H,7,9-10H2,1-6H3. The van der Waals surface area contributed by atoms with Gasteiger partial charge in [0.2, 0.25) is 0 Å². The molecular weight excluding hydrogens is 252 g/mol. The molecule has 20 heavy (non-hydrogen) atoms. The first-order valence-electron chi connectivity index (χ1n) is 7.31. The van der Waals surface area contributed by atoms with E-state index in [4.69, 9.17) is 0 Å². The van der Waals surface area contributed by atoms with Crippen LogP contribution < -0.4 is 21.8 Å². The van der Waals surface area contributed by atoms with E-state index in [-0.39, 0.29) is 11.2 Å². The van der Waals surface area contributed by atoms with Crippen LogP contribution in [0.15, 0.2) is 9.59 Å². The molecule has 0 saturated carbocycles. The van der Waals surface area contributed by atoms with Crippen LogP contribution in [-0.4, -0.2) is 9.13 Å². The summed E-state index contributed by atoms with van der Waals surface area (Å²) in [6, 6.07) is 0. The molecule has 0 aliphatic heterocycles. The van der Waals surface area contributed by atoms with Crippen molar-refractivity contribution in [2.24, 2.45) is 13.0 Å². The Labute approximate surface area is 120 Å². The third-order valence-electron chi connectivity index (χ3n) is 3.44. The maximum atomic E-state index is 12.4. The van der Waals surface area contributed by atoms with Gasteiger partial charge in [0.1, 0.15) is 0 Å². The summed E-state index contributed by atoms with van der Waals surface area (Å²) in [4.78, 5) is 24.7. The molecule has 1 rings (SSSR count). The van der Waals surface area contributed by atoms with Crippen LogP contribution in [0.5, 0.6) is 0 Å². The van der Waals surface area contributed by atoms with E-state index in [9.17, 15) is 9.59 Å². The van der Waals surface area contributed by atoms with Gasteiger partial charge in [0.05, 0.1) is 10.6 Å². The van der Waals surface area contributed by atoms with Gasteiger partial charge in [-0.05, 0) is 31.8 Å². The summed E-state index contributed by atoms with van der Waals surface area (Å²) in [5.41, 5.74) is 0.679. The van der Waals surface area contributed by atoms with Gasteiger partial charge in [-0.1, -0.05) is 33.3 Å². The number of hydrogen-bond donors (Lipinski definition) is 0. The second-order valence-electron chi connectivity index (χ2n) is 5.73. The number of nitrogens with zero attached hydrogens (tertiary/aromatic N) is 2. The zero-order chi connectivity index (χ0) is 15.4. The minimum Gasteiger partial charge on any atom is -0.293 e. The van der Waals surface area contributed by atoms with Crippen molar-refractivity contribution in [2.45, 2.75) is 54.0 Å². The lowest BCUT2D eigenvalue weighted by Gasteiger charge is -2.14. The molecule has 0 saturated heterocycles. The van der Waals surface area contributed by atoms with Gasteiger partial charge in [-0.25, -0.2) is 4.79 Å². The predicted molar refractivity (Wildman–Crippen MR) is 84.2 cm³/mol. The quantitative estimate of drug-likeness (QED) is 0.824. The normalized spacial score (nSPS) is 14.1. The fourth-order valence-corrected chi connectivity index (χ4v) is 2.54. The van der Waals surface area contributed by atoms with Crippen LogP contribution in [0.3, 0.4) is 0 Å². The Kier molecular flexibility index (Phi) is 5.54. The van der Waals surface area contributed by atoms with Crippen LogP contribution in [0.1, 0.15) is 47.5 Å². The van der Waals surface area contributed by atoms with Gasteiger partial charge in [0.15, 0.2) is 0 Å². The Balaban J connectivity index is 4.02. The molecule has 0 fully saturated rings. The largest absolute Gasteiger partial charge is 0.331 e. The maximum absolute atomic E-state index is 12.4. The lowest BCUT2D eigenvalue weighted by atomic mass is 10.1.